The molecular formula is C18H15F2N3O4. The van der Waals surface area contributed by atoms with Crippen molar-refractivity contribution in [3.63, 3.8) is 0 Å². The Kier molecular flexibility index (Phi) is 5.30. The van der Waals surface area contributed by atoms with Crippen LogP contribution in [0.5, 0.6) is 5.75 Å². The molecule has 0 spiro atoms. The minimum absolute atomic E-state index is 0.0208. The first-order valence-electron chi connectivity index (χ1n) is 7.96. The maximum Gasteiger partial charge on any atom is 0.387 e. The van der Waals surface area contributed by atoms with E-state index in [1.807, 2.05) is 0 Å². The third-order valence-electron chi connectivity index (χ3n) is 3.84. The normalized spacial score (nSPS) is 13.7. The number of nitrogens with one attached hydrogen (secondary N) is 2. The predicted molar refractivity (Wildman–Crippen MR) is 91.4 cm³/mol. The molecule has 2 aromatic rings. The first-order valence-corrected chi connectivity index (χ1v) is 7.96. The molecule has 7 nitrogen and oxygen atoms in total. The number of rotatable bonds is 6. The average Bonchev–Trinajstić information content (AvgIpc) is 2.95. The van der Waals surface area contributed by atoms with E-state index in [0.29, 0.717) is 11.3 Å². The van der Waals surface area contributed by atoms with Crippen molar-refractivity contribution in [3.05, 3.63) is 59.7 Å². The van der Waals surface area contributed by atoms with Crippen LogP contribution in [0.25, 0.3) is 0 Å². The highest BCUT2D eigenvalue weighted by Crippen LogP contribution is 2.22. The third-order valence-corrected chi connectivity index (χ3v) is 3.84. The van der Waals surface area contributed by atoms with Crippen LogP contribution < -0.4 is 15.4 Å². The van der Waals surface area contributed by atoms with Crippen molar-refractivity contribution < 1.29 is 27.9 Å². The molecule has 1 heterocycles. The lowest BCUT2D eigenvalue weighted by molar-refractivity contribution is -0.125. The van der Waals surface area contributed by atoms with Crippen molar-refractivity contribution in [2.24, 2.45) is 0 Å². The monoisotopic (exact) mass is 375 g/mol. The maximum absolute atomic E-state index is 12.4. The van der Waals surface area contributed by atoms with Crippen LogP contribution in [0.1, 0.15) is 15.9 Å². The number of benzene rings is 2. The second kappa shape index (κ2) is 7.81. The van der Waals surface area contributed by atoms with E-state index < -0.39 is 18.5 Å². The molecule has 1 saturated heterocycles. The molecule has 1 aliphatic heterocycles. The van der Waals surface area contributed by atoms with Crippen molar-refractivity contribution in [2.75, 3.05) is 11.9 Å². The molecule has 140 valence electrons. The first-order chi connectivity index (χ1) is 12.9. The minimum atomic E-state index is -3.04. The van der Waals surface area contributed by atoms with E-state index in [4.69, 9.17) is 0 Å². The fraction of sp³-hybridized carbons (Fsp3) is 0.167. The van der Waals surface area contributed by atoms with Crippen LogP contribution in [0.3, 0.4) is 0 Å². The van der Waals surface area contributed by atoms with E-state index in [9.17, 15) is 23.2 Å². The molecule has 0 aromatic heterocycles. The van der Waals surface area contributed by atoms with Gasteiger partial charge in [-0.2, -0.15) is 8.78 Å². The van der Waals surface area contributed by atoms with Gasteiger partial charge in [-0.15, -0.1) is 0 Å². The second-order valence-electron chi connectivity index (χ2n) is 5.66. The predicted octanol–water partition coefficient (Wildman–Crippen LogP) is 2.59. The van der Waals surface area contributed by atoms with Gasteiger partial charge in [0.15, 0.2) is 0 Å². The summed E-state index contributed by atoms with van der Waals surface area (Å²) >= 11 is 0. The number of carbonyl (C=O) groups is 3. The number of carbonyl (C=O) groups excluding carboxylic acids is 3. The lowest BCUT2D eigenvalue weighted by Gasteiger charge is -2.13. The Labute approximate surface area is 152 Å². The molecule has 4 amide bonds. The smallest absolute Gasteiger partial charge is 0.387 e. The second-order valence-corrected chi connectivity index (χ2v) is 5.66. The number of hydrogen-bond acceptors (Lipinski definition) is 4. The quantitative estimate of drug-likeness (QED) is 0.760. The SMILES string of the molecule is O=C(Nc1ccc(CN2C(=O)CNC2=O)cc1)c1ccccc1OC(F)F. The number of amides is 4. The van der Waals surface area contributed by atoms with Crippen LogP contribution in [0.4, 0.5) is 19.3 Å². The van der Waals surface area contributed by atoms with Gasteiger partial charge in [0.25, 0.3) is 5.91 Å². The zero-order chi connectivity index (χ0) is 19.4. The number of urea groups is 1. The molecule has 9 heteroatoms. The van der Waals surface area contributed by atoms with Gasteiger partial charge in [-0.1, -0.05) is 24.3 Å². The number of halogens is 2. The van der Waals surface area contributed by atoms with Crippen LogP contribution in [-0.2, 0) is 11.3 Å². The van der Waals surface area contributed by atoms with E-state index in [1.54, 1.807) is 24.3 Å². The molecule has 27 heavy (non-hydrogen) atoms. The number of nitrogens with zero attached hydrogens (tertiary/aromatic N) is 1. The molecule has 2 aromatic carbocycles. The number of hydrogen-bond donors (Lipinski definition) is 2. The van der Waals surface area contributed by atoms with Gasteiger partial charge in [-0.05, 0) is 29.8 Å². The van der Waals surface area contributed by atoms with Crippen LogP contribution in [0.2, 0.25) is 0 Å². The van der Waals surface area contributed by atoms with Gasteiger partial charge in [0, 0.05) is 5.69 Å². The first kappa shape index (κ1) is 18.3. The molecular weight excluding hydrogens is 360 g/mol. The third kappa shape index (κ3) is 4.38. The summed E-state index contributed by atoms with van der Waals surface area (Å²) in [5, 5.41) is 5.02. The van der Waals surface area contributed by atoms with Crippen LogP contribution >= 0.6 is 0 Å². The fourth-order valence-electron chi connectivity index (χ4n) is 2.54. The Hall–Kier alpha value is -3.49. The number of anilines is 1. The molecule has 3 rings (SSSR count). The molecule has 0 bridgehead atoms. The lowest BCUT2D eigenvalue weighted by Crippen LogP contribution is -2.30. The van der Waals surface area contributed by atoms with Gasteiger partial charge in [0.1, 0.15) is 5.75 Å². The molecule has 2 N–H and O–H groups in total. The standard InChI is InChI=1S/C18H15F2N3O4/c19-17(20)27-14-4-2-1-3-13(14)16(25)22-12-7-5-11(6-8-12)10-23-15(24)9-21-18(23)26/h1-8,17H,9-10H2,(H,21,26)(H,22,25). The van der Waals surface area contributed by atoms with Gasteiger partial charge in [-0.25, -0.2) is 4.79 Å². The van der Waals surface area contributed by atoms with E-state index in [0.717, 1.165) is 4.90 Å². The molecule has 1 aliphatic rings. The Morgan fingerprint density at radius 1 is 1.15 bits per heavy atom. The molecule has 1 fully saturated rings. The van der Waals surface area contributed by atoms with Crippen molar-refractivity contribution in [1.82, 2.24) is 10.2 Å². The minimum Gasteiger partial charge on any atom is -0.434 e. The molecule has 0 radical (unpaired) electrons. The summed E-state index contributed by atoms with van der Waals surface area (Å²) in [6.07, 6.45) is 0. The van der Waals surface area contributed by atoms with Crippen molar-refractivity contribution in [1.29, 1.82) is 0 Å². The number of alkyl halides is 2. The van der Waals surface area contributed by atoms with Gasteiger partial charge >= 0.3 is 12.6 Å². The largest absolute Gasteiger partial charge is 0.434 e. The summed E-state index contributed by atoms with van der Waals surface area (Å²) in [5.74, 6) is -1.14. The van der Waals surface area contributed by atoms with Crippen molar-refractivity contribution >= 4 is 23.5 Å². The van der Waals surface area contributed by atoms with Crippen LogP contribution in [0.15, 0.2) is 48.5 Å². The summed E-state index contributed by atoms with van der Waals surface area (Å²) in [4.78, 5) is 36.5. The summed E-state index contributed by atoms with van der Waals surface area (Å²) in [5.41, 5.74) is 1.09. The van der Waals surface area contributed by atoms with E-state index in [-0.39, 0.29) is 30.3 Å². The van der Waals surface area contributed by atoms with E-state index >= 15 is 0 Å². The topological polar surface area (TPSA) is 87.7 Å². The highest BCUT2D eigenvalue weighted by Gasteiger charge is 2.28. The maximum atomic E-state index is 12.4. The zero-order valence-electron chi connectivity index (χ0n) is 13.9. The molecule has 0 aliphatic carbocycles. The Morgan fingerprint density at radius 2 is 1.85 bits per heavy atom. The summed E-state index contributed by atoms with van der Waals surface area (Å²) in [6, 6.07) is 11.7. The van der Waals surface area contributed by atoms with Crippen molar-refractivity contribution in [3.8, 4) is 5.75 Å². The molecule has 0 atom stereocenters. The van der Waals surface area contributed by atoms with Crippen LogP contribution in [-0.4, -0.2) is 35.9 Å². The van der Waals surface area contributed by atoms with Crippen molar-refractivity contribution in [2.45, 2.75) is 13.2 Å². The van der Waals surface area contributed by atoms with Gasteiger partial charge in [-0.3, -0.25) is 14.5 Å². The number of para-hydroxylation sites is 1. The number of imide groups is 1. The highest BCUT2D eigenvalue weighted by molar-refractivity contribution is 6.06. The molecule has 0 saturated carbocycles. The Balaban J connectivity index is 1.67. The lowest BCUT2D eigenvalue weighted by atomic mass is 10.1. The van der Waals surface area contributed by atoms with Crippen LogP contribution in [0, 0.1) is 0 Å². The number of ether oxygens (including phenoxy) is 1. The summed E-state index contributed by atoms with van der Waals surface area (Å²) in [6.45, 7) is -2.94. The highest BCUT2D eigenvalue weighted by atomic mass is 19.3. The fourth-order valence-corrected chi connectivity index (χ4v) is 2.54. The van der Waals surface area contributed by atoms with E-state index in [1.165, 1.54) is 24.3 Å². The average molecular weight is 375 g/mol. The zero-order valence-corrected chi connectivity index (χ0v) is 13.9. The van der Waals surface area contributed by atoms with Gasteiger partial charge in [0.2, 0.25) is 5.91 Å². The summed E-state index contributed by atoms with van der Waals surface area (Å²) < 4.78 is 29.2. The molecule has 0 unspecified atom stereocenters. The van der Waals surface area contributed by atoms with Gasteiger partial charge in [0.05, 0.1) is 18.7 Å². The Bertz CT molecular complexity index is 855. The van der Waals surface area contributed by atoms with E-state index in [2.05, 4.69) is 15.4 Å². The van der Waals surface area contributed by atoms with Gasteiger partial charge < -0.3 is 15.4 Å². The Morgan fingerprint density at radius 3 is 2.48 bits per heavy atom. The summed E-state index contributed by atoms with van der Waals surface area (Å²) in [7, 11) is 0.